The summed E-state index contributed by atoms with van der Waals surface area (Å²) in [7, 11) is -3.52. The van der Waals surface area contributed by atoms with E-state index in [-0.39, 0.29) is 0 Å². The lowest BCUT2D eigenvalue weighted by Gasteiger charge is -2.15. The zero-order chi connectivity index (χ0) is 15.3. The monoisotopic (exact) mass is 314 g/mol. The SMILES string of the molecule is C=CCSCCNS(=O)(=O)c1c(C)c(C)cc(N)c1C. The first-order valence-electron chi connectivity index (χ1n) is 6.36. The van der Waals surface area contributed by atoms with Gasteiger partial charge in [0.1, 0.15) is 0 Å². The Labute approximate surface area is 125 Å². The molecule has 0 radical (unpaired) electrons. The van der Waals surface area contributed by atoms with Crippen molar-refractivity contribution in [2.75, 3.05) is 23.8 Å². The highest BCUT2D eigenvalue weighted by Gasteiger charge is 2.21. The summed E-state index contributed by atoms with van der Waals surface area (Å²) in [5.41, 5.74) is 8.63. The molecule has 0 spiro atoms. The van der Waals surface area contributed by atoms with Crippen LogP contribution in [0.3, 0.4) is 0 Å². The molecule has 1 rings (SSSR count). The number of nitrogens with one attached hydrogen (secondary N) is 1. The number of aryl methyl sites for hydroxylation is 1. The van der Waals surface area contributed by atoms with E-state index in [0.29, 0.717) is 28.4 Å². The molecule has 112 valence electrons. The predicted octanol–water partition coefficient (Wildman–Crippen LogP) is 2.39. The van der Waals surface area contributed by atoms with Crippen molar-refractivity contribution in [3.05, 3.63) is 35.4 Å². The summed E-state index contributed by atoms with van der Waals surface area (Å²) in [6.45, 7) is 9.43. The molecule has 0 aliphatic rings. The molecule has 4 nitrogen and oxygen atoms in total. The topological polar surface area (TPSA) is 72.2 Å². The van der Waals surface area contributed by atoms with Gasteiger partial charge in [-0.2, -0.15) is 11.8 Å². The Bertz CT molecular complexity index is 569. The van der Waals surface area contributed by atoms with Gasteiger partial charge in [-0.05, 0) is 43.5 Å². The van der Waals surface area contributed by atoms with Crippen LogP contribution in [0.15, 0.2) is 23.6 Å². The molecule has 0 bridgehead atoms. The molecule has 0 fully saturated rings. The molecule has 3 N–H and O–H groups in total. The van der Waals surface area contributed by atoms with Crippen molar-refractivity contribution in [1.82, 2.24) is 4.72 Å². The maximum absolute atomic E-state index is 12.4. The number of benzene rings is 1. The molecular formula is C14H22N2O2S2. The van der Waals surface area contributed by atoms with Gasteiger partial charge in [-0.25, -0.2) is 13.1 Å². The molecule has 0 atom stereocenters. The first-order chi connectivity index (χ1) is 9.31. The molecule has 0 aliphatic carbocycles. The third-order valence-corrected chi connectivity index (χ3v) is 5.82. The van der Waals surface area contributed by atoms with E-state index >= 15 is 0 Å². The van der Waals surface area contributed by atoms with Crippen LogP contribution in [0.4, 0.5) is 5.69 Å². The molecule has 0 aliphatic heterocycles. The van der Waals surface area contributed by atoms with Crippen molar-refractivity contribution in [1.29, 1.82) is 0 Å². The van der Waals surface area contributed by atoms with Crippen LogP contribution in [-0.4, -0.2) is 26.5 Å². The number of hydrogen-bond acceptors (Lipinski definition) is 4. The highest BCUT2D eigenvalue weighted by Crippen LogP contribution is 2.27. The lowest BCUT2D eigenvalue weighted by Crippen LogP contribution is -2.28. The summed E-state index contributed by atoms with van der Waals surface area (Å²) in [5, 5.41) is 0. The van der Waals surface area contributed by atoms with E-state index in [1.165, 1.54) is 0 Å². The standard InChI is InChI=1S/C14H22N2O2S2/c1-5-7-19-8-6-16-20(17,18)14-11(3)10(2)9-13(15)12(14)4/h5,9,16H,1,6-8,15H2,2-4H3. The second-order valence-electron chi connectivity index (χ2n) is 4.62. The van der Waals surface area contributed by atoms with E-state index in [2.05, 4.69) is 11.3 Å². The normalized spacial score (nSPS) is 11.6. The van der Waals surface area contributed by atoms with Gasteiger partial charge in [-0.3, -0.25) is 0 Å². The molecule has 0 amide bonds. The number of nitrogen functional groups attached to an aromatic ring is 1. The van der Waals surface area contributed by atoms with Crippen LogP contribution in [0.25, 0.3) is 0 Å². The zero-order valence-corrected chi connectivity index (χ0v) is 13.8. The fourth-order valence-electron chi connectivity index (χ4n) is 1.93. The maximum Gasteiger partial charge on any atom is 0.241 e. The summed E-state index contributed by atoms with van der Waals surface area (Å²) in [6.07, 6.45) is 1.80. The van der Waals surface area contributed by atoms with Crippen molar-refractivity contribution >= 4 is 27.5 Å². The fraction of sp³-hybridized carbons (Fsp3) is 0.429. The summed E-state index contributed by atoms with van der Waals surface area (Å²) < 4.78 is 27.5. The fourth-order valence-corrected chi connectivity index (χ4v) is 4.24. The van der Waals surface area contributed by atoms with Gasteiger partial charge >= 0.3 is 0 Å². The van der Waals surface area contributed by atoms with E-state index < -0.39 is 10.0 Å². The summed E-state index contributed by atoms with van der Waals surface area (Å²) in [6, 6.07) is 1.81. The quantitative estimate of drug-likeness (QED) is 0.460. The zero-order valence-electron chi connectivity index (χ0n) is 12.2. The highest BCUT2D eigenvalue weighted by atomic mass is 32.2. The molecule has 0 unspecified atom stereocenters. The molecule has 0 saturated heterocycles. The molecular weight excluding hydrogens is 292 g/mol. The van der Waals surface area contributed by atoms with Crippen molar-refractivity contribution in [3.8, 4) is 0 Å². The average molecular weight is 314 g/mol. The van der Waals surface area contributed by atoms with Gasteiger partial charge in [-0.1, -0.05) is 6.08 Å². The minimum Gasteiger partial charge on any atom is -0.398 e. The Morgan fingerprint density at radius 3 is 2.60 bits per heavy atom. The first-order valence-corrected chi connectivity index (χ1v) is 8.99. The molecule has 1 aromatic rings. The van der Waals surface area contributed by atoms with E-state index in [9.17, 15) is 8.42 Å². The van der Waals surface area contributed by atoms with E-state index in [0.717, 1.165) is 16.9 Å². The Kier molecular flexibility index (Phi) is 6.10. The Morgan fingerprint density at radius 1 is 1.35 bits per heavy atom. The third-order valence-electron chi connectivity index (χ3n) is 3.12. The van der Waals surface area contributed by atoms with Gasteiger partial charge < -0.3 is 5.73 Å². The van der Waals surface area contributed by atoms with Gasteiger partial charge in [0, 0.05) is 23.7 Å². The van der Waals surface area contributed by atoms with Gasteiger partial charge in [0.05, 0.1) is 4.90 Å². The summed E-state index contributed by atoms with van der Waals surface area (Å²) in [5.74, 6) is 1.53. The Hall–Kier alpha value is -0.980. The van der Waals surface area contributed by atoms with Crippen LogP contribution >= 0.6 is 11.8 Å². The molecule has 6 heteroatoms. The van der Waals surface area contributed by atoms with Gasteiger partial charge in [-0.15, -0.1) is 6.58 Å². The highest BCUT2D eigenvalue weighted by molar-refractivity contribution is 7.99. The minimum atomic E-state index is -3.52. The van der Waals surface area contributed by atoms with Gasteiger partial charge in [0.2, 0.25) is 10.0 Å². The van der Waals surface area contributed by atoms with Crippen molar-refractivity contribution in [3.63, 3.8) is 0 Å². The van der Waals surface area contributed by atoms with Crippen LogP contribution in [-0.2, 0) is 10.0 Å². The van der Waals surface area contributed by atoms with Crippen molar-refractivity contribution < 1.29 is 8.42 Å². The largest absolute Gasteiger partial charge is 0.398 e. The number of nitrogens with two attached hydrogens (primary N) is 1. The molecule has 20 heavy (non-hydrogen) atoms. The molecule has 0 heterocycles. The second-order valence-corrected chi connectivity index (χ2v) is 7.48. The lowest BCUT2D eigenvalue weighted by molar-refractivity contribution is 0.583. The minimum absolute atomic E-state index is 0.309. The van der Waals surface area contributed by atoms with Crippen LogP contribution in [0, 0.1) is 20.8 Å². The predicted molar refractivity (Wildman–Crippen MR) is 87.8 cm³/mol. The second kappa shape index (κ2) is 7.15. The smallest absolute Gasteiger partial charge is 0.241 e. The number of thioether (sulfide) groups is 1. The lowest BCUT2D eigenvalue weighted by atomic mass is 10.1. The van der Waals surface area contributed by atoms with Crippen LogP contribution in [0.1, 0.15) is 16.7 Å². The molecule has 0 aromatic heterocycles. The van der Waals surface area contributed by atoms with Crippen LogP contribution in [0.5, 0.6) is 0 Å². The number of rotatable bonds is 7. The molecule has 0 saturated carbocycles. The van der Waals surface area contributed by atoms with Gasteiger partial charge in [0.25, 0.3) is 0 Å². The third kappa shape index (κ3) is 4.01. The molecule has 1 aromatic carbocycles. The maximum atomic E-state index is 12.4. The summed E-state index contributed by atoms with van der Waals surface area (Å²) in [4.78, 5) is 0.309. The number of anilines is 1. The Morgan fingerprint density at radius 2 is 2.00 bits per heavy atom. The average Bonchev–Trinajstić information content (AvgIpc) is 2.36. The van der Waals surface area contributed by atoms with Crippen LogP contribution in [0.2, 0.25) is 0 Å². The van der Waals surface area contributed by atoms with Crippen molar-refractivity contribution in [2.45, 2.75) is 25.7 Å². The Balaban J connectivity index is 2.96. The van der Waals surface area contributed by atoms with E-state index in [1.807, 2.05) is 19.9 Å². The van der Waals surface area contributed by atoms with Crippen molar-refractivity contribution in [2.24, 2.45) is 0 Å². The van der Waals surface area contributed by atoms with E-state index in [4.69, 9.17) is 5.73 Å². The number of sulfonamides is 1. The summed E-state index contributed by atoms with van der Waals surface area (Å²) >= 11 is 1.63. The van der Waals surface area contributed by atoms with Gasteiger partial charge in [0.15, 0.2) is 0 Å². The number of hydrogen-bond donors (Lipinski definition) is 2. The van der Waals surface area contributed by atoms with Crippen LogP contribution < -0.4 is 10.5 Å². The first kappa shape index (κ1) is 17.1. The van der Waals surface area contributed by atoms with E-state index in [1.54, 1.807) is 24.8 Å².